The molecule has 1 aliphatic rings. The van der Waals surface area contributed by atoms with Crippen LogP contribution in [0.1, 0.15) is 16.8 Å². The number of amides is 2. The first-order valence-corrected chi connectivity index (χ1v) is 8.74. The molecule has 9 heteroatoms. The summed E-state index contributed by atoms with van der Waals surface area (Å²) in [6.45, 7) is 1.06. The molecule has 2 amide bonds. The number of nitrogens with one attached hydrogen (secondary N) is 2. The van der Waals surface area contributed by atoms with E-state index in [2.05, 4.69) is 10.6 Å². The zero-order chi connectivity index (χ0) is 20.0. The Hall–Kier alpha value is -2.07. The van der Waals surface area contributed by atoms with Gasteiger partial charge >= 0.3 is 0 Å². The maximum atomic E-state index is 13.2. The van der Waals surface area contributed by atoms with Gasteiger partial charge in [0.25, 0.3) is 5.91 Å². The smallest absolute Gasteiger partial charge is 0.251 e. The number of benzene rings is 1. The first-order valence-electron chi connectivity index (χ1n) is 8.74. The summed E-state index contributed by atoms with van der Waals surface area (Å²) < 4.78 is 18.7. The van der Waals surface area contributed by atoms with Crippen LogP contribution in [0.5, 0.6) is 0 Å². The Bertz CT molecular complexity index is 658. The summed E-state index contributed by atoms with van der Waals surface area (Å²) in [5.74, 6) is -1.35. The lowest BCUT2D eigenvalue weighted by Crippen LogP contribution is -2.40. The third-order valence-electron chi connectivity index (χ3n) is 4.28. The molecule has 2 rings (SSSR count). The van der Waals surface area contributed by atoms with Crippen molar-refractivity contribution in [3.8, 4) is 0 Å². The lowest BCUT2D eigenvalue weighted by atomic mass is 10.1. The second-order valence-corrected chi connectivity index (χ2v) is 6.77. The highest BCUT2D eigenvalue weighted by atomic mass is 19.1. The molecule has 1 fully saturated rings. The fourth-order valence-corrected chi connectivity index (χ4v) is 2.76. The first kappa shape index (κ1) is 21.2. The van der Waals surface area contributed by atoms with Crippen LogP contribution in [0.3, 0.4) is 0 Å². The molecule has 1 aliphatic heterocycles. The summed E-state index contributed by atoms with van der Waals surface area (Å²) in [6, 6.07) is 5.20. The molecule has 8 nitrogen and oxygen atoms in total. The topological polar surface area (TPSA) is 111 Å². The number of hydrogen-bond acceptors (Lipinski definition) is 6. The van der Waals surface area contributed by atoms with Crippen LogP contribution in [-0.4, -0.2) is 85.1 Å². The number of carbonyl (C=O) groups is 2. The molecule has 0 spiro atoms. The number of rotatable bonds is 8. The van der Waals surface area contributed by atoms with Crippen molar-refractivity contribution in [1.82, 2.24) is 15.5 Å². The molecular formula is C18H26FN3O5. The number of nitrogens with zero attached hydrogens (tertiary/aromatic N) is 1. The average Bonchev–Trinajstić information content (AvgIpc) is 2.87. The number of carbonyl (C=O) groups excluding carboxylic acids is 2. The molecule has 0 bridgehead atoms. The van der Waals surface area contributed by atoms with Gasteiger partial charge in [0, 0.05) is 25.2 Å². The largest absolute Gasteiger partial charge is 0.388 e. The van der Waals surface area contributed by atoms with E-state index in [4.69, 9.17) is 4.74 Å². The maximum Gasteiger partial charge on any atom is 0.251 e. The predicted molar refractivity (Wildman–Crippen MR) is 95.6 cm³/mol. The molecule has 4 N–H and O–H groups in total. The van der Waals surface area contributed by atoms with E-state index < -0.39 is 36.1 Å². The van der Waals surface area contributed by atoms with Gasteiger partial charge in [0.15, 0.2) is 0 Å². The number of halogens is 1. The van der Waals surface area contributed by atoms with Gasteiger partial charge in [-0.3, -0.25) is 9.59 Å². The van der Waals surface area contributed by atoms with Crippen LogP contribution in [0.2, 0.25) is 0 Å². The van der Waals surface area contributed by atoms with E-state index in [0.717, 1.165) is 6.07 Å². The van der Waals surface area contributed by atoms with Crippen molar-refractivity contribution >= 4 is 11.8 Å². The van der Waals surface area contributed by atoms with Crippen molar-refractivity contribution in [3.63, 3.8) is 0 Å². The van der Waals surface area contributed by atoms with Gasteiger partial charge in [-0.25, -0.2) is 4.39 Å². The van der Waals surface area contributed by atoms with Gasteiger partial charge in [-0.05, 0) is 32.3 Å². The fourth-order valence-electron chi connectivity index (χ4n) is 2.76. The van der Waals surface area contributed by atoms with Crippen LogP contribution in [-0.2, 0) is 9.53 Å². The van der Waals surface area contributed by atoms with Gasteiger partial charge in [-0.15, -0.1) is 0 Å². The second kappa shape index (κ2) is 9.75. The van der Waals surface area contributed by atoms with E-state index in [1.807, 2.05) is 19.0 Å². The Kier molecular flexibility index (Phi) is 7.66. The van der Waals surface area contributed by atoms with Gasteiger partial charge in [0.1, 0.15) is 24.1 Å². The number of hydrogen-bond donors (Lipinski definition) is 4. The fraction of sp³-hybridized carbons (Fsp3) is 0.556. The molecule has 4 atom stereocenters. The van der Waals surface area contributed by atoms with Gasteiger partial charge in [0.05, 0.1) is 12.5 Å². The molecule has 27 heavy (non-hydrogen) atoms. The summed E-state index contributed by atoms with van der Waals surface area (Å²) in [4.78, 5) is 25.9. The number of likely N-dealkylation sites (N-methyl/N-ethyl adjacent to an activating group) is 1. The molecule has 1 aromatic rings. The molecular weight excluding hydrogens is 357 g/mol. The Morgan fingerprint density at radius 1 is 1.19 bits per heavy atom. The van der Waals surface area contributed by atoms with Crippen LogP contribution in [0.25, 0.3) is 0 Å². The highest BCUT2D eigenvalue weighted by Gasteiger charge is 2.43. The van der Waals surface area contributed by atoms with Crippen molar-refractivity contribution in [1.29, 1.82) is 0 Å². The van der Waals surface area contributed by atoms with Crippen molar-refractivity contribution in [2.45, 2.75) is 30.8 Å². The second-order valence-electron chi connectivity index (χ2n) is 6.77. The lowest BCUT2D eigenvalue weighted by Gasteiger charge is -2.15. The van der Waals surface area contributed by atoms with Gasteiger partial charge in [-0.2, -0.15) is 0 Å². The molecule has 150 valence electrons. The van der Waals surface area contributed by atoms with E-state index in [9.17, 15) is 24.2 Å². The molecule has 0 aliphatic carbocycles. The Morgan fingerprint density at radius 3 is 2.56 bits per heavy atom. The van der Waals surface area contributed by atoms with E-state index in [-0.39, 0.29) is 24.4 Å². The van der Waals surface area contributed by atoms with E-state index in [1.165, 1.54) is 18.2 Å². The highest BCUT2D eigenvalue weighted by molar-refractivity contribution is 5.94. The van der Waals surface area contributed by atoms with Gasteiger partial charge in [0.2, 0.25) is 5.91 Å². The van der Waals surface area contributed by atoms with Crippen LogP contribution >= 0.6 is 0 Å². The first-order chi connectivity index (χ1) is 12.8. The molecule has 0 aromatic heterocycles. The maximum absolute atomic E-state index is 13.2. The lowest BCUT2D eigenvalue weighted by molar-refractivity contribution is -0.125. The minimum absolute atomic E-state index is 0.0771. The molecule has 1 saturated heterocycles. The normalized spacial score (nSPS) is 24.8. The summed E-state index contributed by atoms with van der Waals surface area (Å²) >= 11 is 0. The predicted octanol–water partition coefficient (Wildman–Crippen LogP) is -0.887. The van der Waals surface area contributed by atoms with Crippen molar-refractivity contribution in [3.05, 3.63) is 35.6 Å². The monoisotopic (exact) mass is 383 g/mol. The summed E-state index contributed by atoms with van der Waals surface area (Å²) in [7, 11) is 3.77. The van der Waals surface area contributed by atoms with Crippen LogP contribution in [0, 0.1) is 5.82 Å². The zero-order valence-electron chi connectivity index (χ0n) is 15.4. The Morgan fingerprint density at radius 2 is 1.89 bits per heavy atom. The zero-order valence-corrected chi connectivity index (χ0v) is 15.4. The Balaban J connectivity index is 1.81. The van der Waals surface area contributed by atoms with Crippen molar-refractivity contribution in [2.24, 2.45) is 0 Å². The standard InChI is InChI=1S/C18H26FN3O5/c1-22(2)7-6-20-15(23)9-13-16(24)17(25)14(27-13)10-21-18(26)11-4-3-5-12(19)8-11/h3-5,8,13-14,16-17,24-25H,6-7,9-10H2,1-2H3,(H,20,23)(H,21,26)/t13-,14-,16-,17-/m1/s1. The van der Waals surface area contributed by atoms with Gasteiger partial charge in [-0.1, -0.05) is 6.07 Å². The van der Waals surface area contributed by atoms with Crippen LogP contribution in [0.15, 0.2) is 24.3 Å². The van der Waals surface area contributed by atoms with Gasteiger partial charge < -0.3 is 30.5 Å². The molecule has 1 aromatic carbocycles. The average molecular weight is 383 g/mol. The minimum Gasteiger partial charge on any atom is -0.388 e. The SMILES string of the molecule is CN(C)CCNC(=O)C[C@H]1O[C@H](CNC(=O)c2cccc(F)c2)[C@@H](O)[C@@H]1O. The summed E-state index contributed by atoms with van der Waals surface area (Å²) in [5, 5.41) is 25.4. The van der Waals surface area contributed by atoms with Crippen molar-refractivity contribution < 1.29 is 28.9 Å². The number of aliphatic hydroxyl groups excluding tert-OH is 2. The van der Waals surface area contributed by atoms with Crippen LogP contribution < -0.4 is 10.6 Å². The molecule has 1 heterocycles. The number of aliphatic hydroxyl groups is 2. The third kappa shape index (κ3) is 6.24. The van der Waals surface area contributed by atoms with E-state index in [1.54, 1.807) is 0 Å². The number of ether oxygens (including phenoxy) is 1. The minimum atomic E-state index is -1.24. The molecule has 0 unspecified atom stereocenters. The summed E-state index contributed by atoms with van der Waals surface area (Å²) in [6.07, 6.45) is -4.30. The van der Waals surface area contributed by atoms with E-state index >= 15 is 0 Å². The highest BCUT2D eigenvalue weighted by Crippen LogP contribution is 2.23. The van der Waals surface area contributed by atoms with E-state index in [0.29, 0.717) is 13.1 Å². The molecule has 0 radical (unpaired) electrons. The van der Waals surface area contributed by atoms with Crippen molar-refractivity contribution in [2.75, 3.05) is 33.7 Å². The van der Waals surface area contributed by atoms with Crippen LogP contribution in [0.4, 0.5) is 4.39 Å². The third-order valence-corrected chi connectivity index (χ3v) is 4.28. The molecule has 0 saturated carbocycles. The Labute approximate surface area is 157 Å². The quantitative estimate of drug-likeness (QED) is 0.464. The summed E-state index contributed by atoms with van der Waals surface area (Å²) in [5.41, 5.74) is 0.139.